The van der Waals surface area contributed by atoms with Crippen molar-refractivity contribution in [1.29, 1.82) is 0 Å². The molecule has 1 heterocycles. The second-order valence-electron chi connectivity index (χ2n) is 7.27. The van der Waals surface area contributed by atoms with E-state index in [0.717, 1.165) is 16.8 Å². The molecule has 0 atom stereocenters. The number of amides is 1. The molecule has 1 N–H and O–H groups in total. The number of hydrogen-bond acceptors (Lipinski definition) is 5. The van der Waals surface area contributed by atoms with Crippen molar-refractivity contribution in [3.05, 3.63) is 83.4 Å². The zero-order valence-corrected chi connectivity index (χ0v) is 19.0. The molecule has 0 spiro atoms. The number of carbonyl (C=O) groups is 1. The molecule has 1 amide bonds. The monoisotopic (exact) mass is 462 g/mol. The SMILES string of the molecule is CCOc1nc(-c2ccc(C)cc2)n(-c2ccc(NC(=O)COc3ccc(Cl)cc3)cc2)n1. The predicted octanol–water partition coefficient (Wildman–Crippen LogP) is 5.31. The number of hydrogen-bond donors (Lipinski definition) is 1. The molecule has 0 radical (unpaired) electrons. The third kappa shape index (κ3) is 5.70. The summed E-state index contributed by atoms with van der Waals surface area (Å²) in [5.41, 5.74) is 3.52. The Bertz CT molecular complexity index is 1220. The van der Waals surface area contributed by atoms with Crippen LogP contribution in [0.15, 0.2) is 72.8 Å². The lowest BCUT2D eigenvalue weighted by Gasteiger charge is -2.09. The molecule has 0 aliphatic heterocycles. The number of aryl methyl sites for hydroxylation is 1. The van der Waals surface area contributed by atoms with Gasteiger partial charge in [-0.1, -0.05) is 41.4 Å². The van der Waals surface area contributed by atoms with Crippen LogP contribution in [0.25, 0.3) is 17.1 Å². The third-order valence-corrected chi connectivity index (χ3v) is 5.00. The summed E-state index contributed by atoms with van der Waals surface area (Å²) >= 11 is 5.85. The van der Waals surface area contributed by atoms with Crippen LogP contribution in [0.5, 0.6) is 11.8 Å². The predicted molar refractivity (Wildman–Crippen MR) is 128 cm³/mol. The Morgan fingerprint density at radius 3 is 2.33 bits per heavy atom. The number of aromatic nitrogens is 3. The molecule has 3 aromatic carbocycles. The molecular formula is C25H23ClN4O3. The molecule has 0 aliphatic rings. The van der Waals surface area contributed by atoms with Crippen LogP contribution in [-0.2, 0) is 4.79 Å². The van der Waals surface area contributed by atoms with E-state index in [1.807, 2.05) is 50.2 Å². The smallest absolute Gasteiger partial charge is 0.336 e. The molecule has 4 rings (SSSR count). The summed E-state index contributed by atoms with van der Waals surface area (Å²) in [4.78, 5) is 16.8. The molecule has 33 heavy (non-hydrogen) atoms. The van der Waals surface area contributed by atoms with E-state index < -0.39 is 0 Å². The molecular weight excluding hydrogens is 440 g/mol. The highest BCUT2D eigenvalue weighted by Crippen LogP contribution is 2.25. The average Bonchev–Trinajstić information content (AvgIpc) is 3.24. The van der Waals surface area contributed by atoms with Crippen LogP contribution in [0.1, 0.15) is 12.5 Å². The number of carbonyl (C=O) groups excluding carboxylic acids is 1. The van der Waals surface area contributed by atoms with E-state index in [1.165, 1.54) is 0 Å². The number of nitrogens with one attached hydrogen (secondary N) is 1. The summed E-state index contributed by atoms with van der Waals surface area (Å²) in [5, 5.41) is 7.93. The van der Waals surface area contributed by atoms with E-state index in [2.05, 4.69) is 15.4 Å². The molecule has 1 aromatic heterocycles. The molecule has 0 aliphatic carbocycles. The van der Waals surface area contributed by atoms with E-state index in [0.29, 0.717) is 34.9 Å². The van der Waals surface area contributed by atoms with Crippen LogP contribution in [0.4, 0.5) is 5.69 Å². The minimum absolute atomic E-state index is 0.109. The van der Waals surface area contributed by atoms with Gasteiger partial charge in [0.05, 0.1) is 12.3 Å². The third-order valence-electron chi connectivity index (χ3n) is 4.75. The van der Waals surface area contributed by atoms with Gasteiger partial charge >= 0.3 is 6.01 Å². The van der Waals surface area contributed by atoms with Gasteiger partial charge in [0.15, 0.2) is 12.4 Å². The van der Waals surface area contributed by atoms with Crippen molar-refractivity contribution in [2.75, 3.05) is 18.5 Å². The van der Waals surface area contributed by atoms with Crippen molar-refractivity contribution in [2.24, 2.45) is 0 Å². The zero-order valence-electron chi connectivity index (χ0n) is 18.3. The largest absolute Gasteiger partial charge is 0.484 e. The standard InChI is InChI=1S/C25H23ClN4O3/c1-3-32-25-28-24(18-6-4-17(2)5-7-18)30(29-25)21-12-10-20(11-13-21)27-23(31)16-33-22-14-8-19(26)9-15-22/h4-15H,3,16H2,1-2H3,(H,27,31). The highest BCUT2D eigenvalue weighted by Gasteiger charge is 2.15. The van der Waals surface area contributed by atoms with Gasteiger partial charge in [0.2, 0.25) is 0 Å². The van der Waals surface area contributed by atoms with Gasteiger partial charge in [-0.15, -0.1) is 5.10 Å². The van der Waals surface area contributed by atoms with E-state index in [4.69, 9.17) is 21.1 Å². The minimum atomic E-state index is -0.266. The van der Waals surface area contributed by atoms with Crippen LogP contribution in [0.2, 0.25) is 5.02 Å². The van der Waals surface area contributed by atoms with Gasteiger partial charge in [0, 0.05) is 16.3 Å². The van der Waals surface area contributed by atoms with Crippen LogP contribution < -0.4 is 14.8 Å². The first-order chi connectivity index (χ1) is 16.0. The van der Waals surface area contributed by atoms with Crippen molar-refractivity contribution >= 4 is 23.2 Å². The van der Waals surface area contributed by atoms with Crippen molar-refractivity contribution in [2.45, 2.75) is 13.8 Å². The summed E-state index contributed by atoms with van der Waals surface area (Å²) < 4.78 is 12.7. The lowest BCUT2D eigenvalue weighted by molar-refractivity contribution is -0.118. The molecule has 4 aromatic rings. The summed E-state index contributed by atoms with van der Waals surface area (Å²) in [6.45, 7) is 4.29. The van der Waals surface area contributed by atoms with Crippen molar-refractivity contribution in [3.63, 3.8) is 0 Å². The molecule has 168 valence electrons. The van der Waals surface area contributed by atoms with Crippen LogP contribution in [0.3, 0.4) is 0 Å². The Morgan fingerprint density at radius 2 is 1.67 bits per heavy atom. The average molecular weight is 463 g/mol. The molecule has 0 saturated heterocycles. The number of rotatable bonds is 8. The molecule has 0 fully saturated rings. The summed E-state index contributed by atoms with van der Waals surface area (Å²) in [6.07, 6.45) is 0. The van der Waals surface area contributed by atoms with Gasteiger partial charge in [0.1, 0.15) is 5.75 Å². The molecule has 0 bridgehead atoms. The maximum atomic E-state index is 12.2. The van der Waals surface area contributed by atoms with Crippen LogP contribution in [-0.4, -0.2) is 33.9 Å². The van der Waals surface area contributed by atoms with E-state index >= 15 is 0 Å². The Labute approximate surface area is 196 Å². The zero-order chi connectivity index (χ0) is 23.2. The fourth-order valence-corrected chi connectivity index (χ4v) is 3.24. The molecule has 7 nitrogen and oxygen atoms in total. The topological polar surface area (TPSA) is 78.3 Å². The normalized spacial score (nSPS) is 10.6. The Hall–Kier alpha value is -3.84. The highest BCUT2D eigenvalue weighted by molar-refractivity contribution is 6.30. The summed E-state index contributed by atoms with van der Waals surface area (Å²) in [7, 11) is 0. The first kappa shape index (κ1) is 22.4. The Kier molecular flexibility index (Phi) is 6.90. The van der Waals surface area contributed by atoms with Gasteiger partial charge in [-0.3, -0.25) is 4.79 Å². The van der Waals surface area contributed by atoms with Gasteiger partial charge < -0.3 is 14.8 Å². The highest BCUT2D eigenvalue weighted by atomic mass is 35.5. The van der Waals surface area contributed by atoms with Gasteiger partial charge in [-0.25, -0.2) is 4.68 Å². The second-order valence-corrected chi connectivity index (χ2v) is 7.70. The van der Waals surface area contributed by atoms with Crippen molar-refractivity contribution in [3.8, 4) is 28.8 Å². The molecule has 8 heteroatoms. The lowest BCUT2D eigenvalue weighted by atomic mass is 10.1. The first-order valence-corrected chi connectivity index (χ1v) is 10.8. The Balaban J connectivity index is 1.47. The van der Waals surface area contributed by atoms with Gasteiger partial charge in [0.25, 0.3) is 5.91 Å². The van der Waals surface area contributed by atoms with E-state index in [-0.39, 0.29) is 12.5 Å². The van der Waals surface area contributed by atoms with Crippen LogP contribution >= 0.6 is 11.6 Å². The van der Waals surface area contributed by atoms with Gasteiger partial charge in [-0.05, 0) is 62.4 Å². The second kappa shape index (κ2) is 10.2. The minimum Gasteiger partial charge on any atom is -0.484 e. The fourth-order valence-electron chi connectivity index (χ4n) is 3.12. The number of benzene rings is 3. The number of nitrogens with zero attached hydrogens (tertiary/aromatic N) is 3. The molecule has 0 unspecified atom stereocenters. The van der Waals surface area contributed by atoms with Gasteiger partial charge in [-0.2, -0.15) is 4.98 Å². The number of halogens is 1. The van der Waals surface area contributed by atoms with Crippen LogP contribution in [0, 0.1) is 6.92 Å². The maximum absolute atomic E-state index is 12.2. The summed E-state index contributed by atoms with van der Waals surface area (Å²) in [6, 6.07) is 22.5. The first-order valence-electron chi connectivity index (χ1n) is 10.5. The quantitative estimate of drug-likeness (QED) is 0.384. The molecule has 0 saturated carbocycles. The van der Waals surface area contributed by atoms with E-state index in [9.17, 15) is 4.79 Å². The van der Waals surface area contributed by atoms with Crippen molar-refractivity contribution in [1.82, 2.24) is 14.8 Å². The maximum Gasteiger partial charge on any atom is 0.336 e. The fraction of sp³-hybridized carbons (Fsp3) is 0.160. The van der Waals surface area contributed by atoms with Crippen molar-refractivity contribution < 1.29 is 14.3 Å². The lowest BCUT2D eigenvalue weighted by Crippen LogP contribution is -2.20. The Morgan fingerprint density at radius 1 is 0.970 bits per heavy atom. The van der Waals surface area contributed by atoms with E-state index in [1.54, 1.807) is 41.1 Å². The number of ether oxygens (including phenoxy) is 2. The number of anilines is 1. The summed E-state index contributed by atoms with van der Waals surface area (Å²) in [5.74, 6) is 0.980.